The Bertz CT molecular complexity index is 395. The monoisotopic (exact) mass is 189 g/mol. The van der Waals surface area contributed by atoms with Crippen LogP contribution in [-0.4, -0.2) is 12.8 Å². The van der Waals surface area contributed by atoms with Gasteiger partial charge in [-0.2, -0.15) is 0 Å². The van der Waals surface area contributed by atoms with Crippen LogP contribution in [-0.2, 0) is 0 Å². The van der Waals surface area contributed by atoms with Crippen molar-refractivity contribution in [1.82, 2.24) is 4.98 Å². The normalized spacial score (nSPS) is 9.46. The zero-order chi connectivity index (χ0) is 9.84. The Morgan fingerprint density at radius 1 is 1.31 bits per heavy atom. The first-order chi connectivity index (χ1) is 6.27. The maximum Gasteiger partial charge on any atom is 0.113 e. The number of thiol groups is 1. The summed E-state index contributed by atoms with van der Waals surface area (Å²) in [6, 6.07) is 5.73. The predicted molar refractivity (Wildman–Crippen MR) is 62.3 cm³/mol. The molecule has 66 valence electrons. The molecule has 3 heteroatoms. The highest BCUT2D eigenvalue weighted by molar-refractivity contribution is 7.80. The number of aromatic nitrogens is 1. The summed E-state index contributed by atoms with van der Waals surface area (Å²) in [5, 5.41) is 1.08. The van der Waals surface area contributed by atoms with Crippen molar-refractivity contribution in [1.29, 1.82) is 0 Å². The zero-order valence-electron chi connectivity index (χ0n) is 7.83. The lowest BCUT2D eigenvalue weighted by Crippen LogP contribution is -1.98. The lowest BCUT2D eigenvalue weighted by Gasteiger charge is -1.92. The molecule has 0 aliphatic heterocycles. The van der Waals surface area contributed by atoms with Crippen LogP contribution >= 0.6 is 12.6 Å². The van der Waals surface area contributed by atoms with Gasteiger partial charge in [-0.1, -0.05) is 31.4 Å². The summed E-state index contributed by atoms with van der Waals surface area (Å²) in [5.74, 6) is 0. The molecule has 2 rings (SSSR count). The fourth-order valence-corrected chi connectivity index (χ4v) is 1.37. The Hall–Kier alpha value is -0.825. The first-order valence-corrected chi connectivity index (χ1v) is 4.77. The zero-order valence-corrected chi connectivity index (χ0v) is 8.73. The lowest BCUT2D eigenvalue weighted by atomic mass is 9.95. The van der Waals surface area contributed by atoms with E-state index < -0.39 is 0 Å². The van der Waals surface area contributed by atoms with Crippen molar-refractivity contribution in [3.05, 3.63) is 24.4 Å². The molecule has 0 fully saturated rings. The Kier molecular flexibility index (Phi) is 3.49. The molecule has 2 aromatic rings. The number of benzene rings is 1. The summed E-state index contributed by atoms with van der Waals surface area (Å²) in [6.07, 6.45) is 1.85. The molecule has 13 heavy (non-hydrogen) atoms. The van der Waals surface area contributed by atoms with E-state index in [1.165, 1.54) is 0 Å². The third-order valence-corrected chi connectivity index (χ3v) is 2.05. The van der Waals surface area contributed by atoms with Crippen LogP contribution in [0.1, 0.15) is 13.8 Å². The first-order valence-electron chi connectivity index (χ1n) is 4.33. The summed E-state index contributed by atoms with van der Waals surface area (Å²) in [4.78, 5) is 4.02. The van der Waals surface area contributed by atoms with Crippen molar-refractivity contribution < 1.29 is 0 Å². The van der Waals surface area contributed by atoms with Gasteiger partial charge in [-0.3, -0.25) is 0 Å². The van der Waals surface area contributed by atoms with Crippen LogP contribution in [0.4, 0.5) is 0 Å². The van der Waals surface area contributed by atoms with Gasteiger partial charge in [0.05, 0.1) is 0 Å². The standard InChI is InChI=1S/C8H6BNS.C2H6/c9-5-1-2-7-6(3-5)8(11)4-10-7;1-2/h1-4,10-11H;1-2H3. The molecular weight excluding hydrogens is 177 g/mol. The van der Waals surface area contributed by atoms with Crippen molar-refractivity contribution >= 4 is 36.8 Å². The Labute approximate surface area is 85.4 Å². The first kappa shape index (κ1) is 10.3. The van der Waals surface area contributed by atoms with E-state index in [-0.39, 0.29) is 0 Å². The van der Waals surface area contributed by atoms with Crippen molar-refractivity contribution in [2.24, 2.45) is 0 Å². The topological polar surface area (TPSA) is 15.8 Å². The van der Waals surface area contributed by atoms with Crippen LogP contribution < -0.4 is 5.46 Å². The summed E-state index contributed by atoms with van der Waals surface area (Å²) < 4.78 is 0. The second kappa shape index (κ2) is 4.42. The maximum atomic E-state index is 5.60. The number of nitrogens with one attached hydrogen (secondary N) is 1. The number of fused-ring (bicyclic) bond motifs is 1. The largest absolute Gasteiger partial charge is 0.360 e. The third-order valence-electron chi connectivity index (χ3n) is 1.68. The van der Waals surface area contributed by atoms with E-state index in [1.807, 2.05) is 38.2 Å². The molecule has 0 aliphatic rings. The Balaban J connectivity index is 0.000000396. The molecule has 2 radical (unpaired) electrons. The fraction of sp³-hybridized carbons (Fsp3) is 0.200. The average Bonchev–Trinajstić information content (AvgIpc) is 2.52. The molecule has 1 aromatic carbocycles. The lowest BCUT2D eigenvalue weighted by molar-refractivity contribution is 1.42. The number of aromatic amines is 1. The molecule has 1 N–H and O–H groups in total. The molecule has 0 bridgehead atoms. The molecular formula is C10H12BNS. The molecule has 0 unspecified atom stereocenters. The van der Waals surface area contributed by atoms with Gasteiger partial charge >= 0.3 is 0 Å². The van der Waals surface area contributed by atoms with Crippen molar-refractivity contribution in [2.45, 2.75) is 18.7 Å². The number of hydrogen-bond donors (Lipinski definition) is 2. The minimum absolute atomic E-state index is 0.771. The minimum atomic E-state index is 0.771. The SMILES string of the molecule is CC.[B]c1ccc2[nH]cc(S)c2c1. The number of rotatable bonds is 0. The van der Waals surface area contributed by atoms with E-state index in [2.05, 4.69) is 17.6 Å². The maximum absolute atomic E-state index is 5.60. The van der Waals surface area contributed by atoms with Crippen LogP contribution in [0, 0.1) is 0 Å². The molecule has 0 saturated heterocycles. The minimum Gasteiger partial charge on any atom is -0.360 e. The van der Waals surface area contributed by atoms with Gasteiger partial charge in [-0.15, -0.1) is 12.6 Å². The molecule has 0 spiro atoms. The smallest absolute Gasteiger partial charge is 0.113 e. The number of H-pyrrole nitrogens is 1. The molecule has 0 atom stereocenters. The van der Waals surface area contributed by atoms with Gasteiger partial charge in [-0.25, -0.2) is 0 Å². The van der Waals surface area contributed by atoms with Crippen molar-refractivity contribution in [3.63, 3.8) is 0 Å². The van der Waals surface area contributed by atoms with Gasteiger partial charge in [0.1, 0.15) is 7.85 Å². The Morgan fingerprint density at radius 2 is 2.00 bits per heavy atom. The van der Waals surface area contributed by atoms with Crippen molar-refractivity contribution in [2.75, 3.05) is 0 Å². The number of hydrogen-bond acceptors (Lipinski definition) is 1. The highest BCUT2D eigenvalue weighted by Crippen LogP contribution is 2.19. The van der Waals surface area contributed by atoms with Gasteiger partial charge in [0.25, 0.3) is 0 Å². The van der Waals surface area contributed by atoms with Crippen molar-refractivity contribution in [3.8, 4) is 0 Å². The van der Waals surface area contributed by atoms with Gasteiger partial charge in [-0.05, 0) is 6.07 Å². The van der Waals surface area contributed by atoms with E-state index in [1.54, 1.807) is 0 Å². The Morgan fingerprint density at radius 3 is 2.69 bits per heavy atom. The summed E-state index contributed by atoms with van der Waals surface area (Å²) in [5.41, 5.74) is 1.84. The highest BCUT2D eigenvalue weighted by Gasteiger charge is 1.97. The summed E-state index contributed by atoms with van der Waals surface area (Å²) >= 11 is 4.26. The second-order valence-corrected chi connectivity index (χ2v) is 2.96. The van der Waals surface area contributed by atoms with E-state index >= 15 is 0 Å². The van der Waals surface area contributed by atoms with Crippen LogP contribution in [0.2, 0.25) is 0 Å². The van der Waals surface area contributed by atoms with E-state index in [0.29, 0.717) is 0 Å². The average molecular weight is 189 g/mol. The quantitative estimate of drug-likeness (QED) is 0.467. The van der Waals surface area contributed by atoms with Gasteiger partial charge < -0.3 is 4.98 Å². The fourth-order valence-electron chi connectivity index (χ4n) is 1.12. The van der Waals surface area contributed by atoms with E-state index in [0.717, 1.165) is 21.3 Å². The van der Waals surface area contributed by atoms with Gasteiger partial charge in [0.15, 0.2) is 0 Å². The van der Waals surface area contributed by atoms with Gasteiger partial charge in [0.2, 0.25) is 0 Å². The van der Waals surface area contributed by atoms with Gasteiger partial charge in [0, 0.05) is 22.0 Å². The summed E-state index contributed by atoms with van der Waals surface area (Å²) in [6.45, 7) is 4.00. The summed E-state index contributed by atoms with van der Waals surface area (Å²) in [7, 11) is 5.60. The molecule has 1 nitrogen and oxygen atoms in total. The van der Waals surface area contributed by atoms with Crippen LogP contribution in [0.15, 0.2) is 29.3 Å². The highest BCUT2D eigenvalue weighted by atomic mass is 32.1. The molecule has 1 heterocycles. The molecule has 0 aliphatic carbocycles. The molecule has 0 amide bonds. The predicted octanol–water partition coefficient (Wildman–Crippen LogP) is 2.28. The van der Waals surface area contributed by atoms with E-state index in [9.17, 15) is 0 Å². The van der Waals surface area contributed by atoms with Crippen LogP contribution in [0.3, 0.4) is 0 Å². The molecule has 1 aromatic heterocycles. The van der Waals surface area contributed by atoms with Crippen LogP contribution in [0.25, 0.3) is 10.9 Å². The third kappa shape index (κ3) is 2.10. The molecule has 0 saturated carbocycles. The van der Waals surface area contributed by atoms with E-state index in [4.69, 9.17) is 7.85 Å². The van der Waals surface area contributed by atoms with Crippen LogP contribution in [0.5, 0.6) is 0 Å². The second-order valence-electron chi connectivity index (χ2n) is 2.48.